The molecule has 32 heavy (non-hydrogen) atoms. The standard InChI is InChI=1S/C10H2F16N2O4/c11-3(12,1(29)30)5(15,16)27-7(19,20)9(23,24)28(10(25,26)8(27,21)22)6(17,18)4(13,14)2(31)32/h(H,29,30)(H,31,32). The van der Waals surface area contributed by atoms with E-state index in [9.17, 15) is 79.8 Å². The van der Waals surface area contributed by atoms with Crippen LogP contribution in [0.4, 0.5) is 70.2 Å². The van der Waals surface area contributed by atoms with E-state index in [1.165, 1.54) is 0 Å². The van der Waals surface area contributed by atoms with Gasteiger partial charge in [-0.3, -0.25) is 0 Å². The molecule has 2 N–H and O–H groups in total. The lowest BCUT2D eigenvalue weighted by molar-refractivity contribution is -0.575. The Labute approximate surface area is 161 Å². The Morgan fingerprint density at radius 1 is 0.500 bits per heavy atom. The minimum Gasteiger partial charge on any atom is -0.477 e. The molecule has 1 aliphatic rings. The summed E-state index contributed by atoms with van der Waals surface area (Å²) in [5.41, 5.74) is 0. The first-order valence-corrected chi connectivity index (χ1v) is 6.72. The molecule has 0 spiro atoms. The Balaban J connectivity index is 4.06. The van der Waals surface area contributed by atoms with E-state index in [1.807, 2.05) is 0 Å². The zero-order valence-electron chi connectivity index (χ0n) is 13.7. The van der Waals surface area contributed by atoms with Gasteiger partial charge in [-0.2, -0.15) is 70.2 Å². The summed E-state index contributed by atoms with van der Waals surface area (Å²) < 4.78 is 216. The van der Waals surface area contributed by atoms with Crippen molar-refractivity contribution in [3.05, 3.63) is 0 Å². The number of hydrogen-bond donors (Lipinski definition) is 2. The number of halogens is 16. The summed E-state index contributed by atoms with van der Waals surface area (Å²) >= 11 is 0. The molecule has 1 fully saturated rings. The van der Waals surface area contributed by atoms with Crippen LogP contribution in [0.15, 0.2) is 0 Å². The maximum atomic E-state index is 13.7. The summed E-state index contributed by atoms with van der Waals surface area (Å²) in [6, 6.07) is -48.3. The Morgan fingerprint density at radius 3 is 0.781 bits per heavy atom. The van der Waals surface area contributed by atoms with Gasteiger partial charge in [0.05, 0.1) is 0 Å². The topological polar surface area (TPSA) is 81.1 Å². The van der Waals surface area contributed by atoms with Crippen LogP contribution in [0.25, 0.3) is 0 Å². The third kappa shape index (κ3) is 2.97. The fourth-order valence-corrected chi connectivity index (χ4v) is 2.13. The first-order valence-electron chi connectivity index (χ1n) is 6.72. The van der Waals surface area contributed by atoms with Gasteiger partial charge in [0.2, 0.25) is 0 Å². The van der Waals surface area contributed by atoms with Gasteiger partial charge in [0.1, 0.15) is 0 Å². The predicted octanol–water partition coefficient (Wildman–Crippen LogP) is 3.60. The van der Waals surface area contributed by atoms with E-state index in [4.69, 9.17) is 10.2 Å². The molecule has 1 rings (SSSR count). The van der Waals surface area contributed by atoms with Crippen molar-refractivity contribution in [1.29, 1.82) is 0 Å². The van der Waals surface area contributed by atoms with Crippen molar-refractivity contribution in [1.82, 2.24) is 9.80 Å². The minimum atomic E-state index is -8.11. The zero-order valence-corrected chi connectivity index (χ0v) is 13.7. The van der Waals surface area contributed by atoms with Crippen LogP contribution >= 0.6 is 0 Å². The Morgan fingerprint density at radius 2 is 0.656 bits per heavy atom. The number of carboxylic acids is 2. The lowest BCUT2D eigenvalue weighted by atomic mass is 10.1. The second kappa shape index (κ2) is 6.63. The normalized spacial score (nSPS) is 24.2. The third-order valence-corrected chi connectivity index (χ3v) is 3.70. The van der Waals surface area contributed by atoms with Crippen molar-refractivity contribution in [3.63, 3.8) is 0 Å². The van der Waals surface area contributed by atoms with Gasteiger partial charge in [-0.1, -0.05) is 0 Å². The second-order valence-corrected chi connectivity index (χ2v) is 5.68. The molecular weight excluding hydrogens is 516 g/mol. The van der Waals surface area contributed by atoms with Crippen LogP contribution in [0.5, 0.6) is 0 Å². The highest BCUT2D eigenvalue weighted by atomic mass is 19.4. The van der Waals surface area contributed by atoms with Crippen LogP contribution in [-0.2, 0) is 9.59 Å². The summed E-state index contributed by atoms with van der Waals surface area (Å²) in [6.45, 7) is 0. The summed E-state index contributed by atoms with van der Waals surface area (Å²) in [7, 11) is 0. The number of carboxylic acid groups (broad SMARTS) is 2. The molecule has 0 atom stereocenters. The molecule has 0 aromatic carbocycles. The fraction of sp³-hybridized carbons (Fsp3) is 0.800. The summed E-state index contributed by atoms with van der Waals surface area (Å²) in [4.78, 5) is 11.3. The first kappa shape index (κ1) is 27.8. The molecule has 22 heteroatoms. The largest absolute Gasteiger partial charge is 0.477 e. The molecule has 1 aliphatic heterocycles. The van der Waals surface area contributed by atoms with E-state index in [1.54, 1.807) is 0 Å². The van der Waals surface area contributed by atoms with Crippen LogP contribution < -0.4 is 0 Å². The van der Waals surface area contributed by atoms with Crippen molar-refractivity contribution in [2.45, 2.75) is 48.1 Å². The van der Waals surface area contributed by atoms with Crippen LogP contribution in [0.3, 0.4) is 0 Å². The molecule has 0 saturated carbocycles. The number of rotatable bonds is 6. The molecule has 188 valence electrons. The summed E-state index contributed by atoms with van der Waals surface area (Å²) in [5.74, 6) is -23.3. The average molecular weight is 518 g/mol. The molecule has 0 bridgehead atoms. The van der Waals surface area contributed by atoms with Gasteiger partial charge in [0.15, 0.2) is 0 Å². The molecule has 1 saturated heterocycles. The number of hydrogen-bond acceptors (Lipinski definition) is 4. The number of piperazine rings is 1. The van der Waals surface area contributed by atoms with Gasteiger partial charge < -0.3 is 10.2 Å². The molecule has 0 unspecified atom stereocenters. The zero-order chi connectivity index (χ0) is 26.3. The van der Waals surface area contributed by atoms with E-state index < -0.39 is 69.9 Å². The number of aliphatic carboxylic acids is 2. The average Bonchev–Trinajstić information content (AvgIpc) is 2.50. The first-order chi connectivity index (χ1) is 13.6. The molecule has 0 aliphatic carbocycles. The van der Waals surface area contributed by atoms with Crippen molar-refractivity contribution < 1.29 is 90.0 Å². The molecule has 0 aromatic heterocycles. The molecule has 0 amide bonds. The lowest BCUT2D eigenvalue weighted by Crippen LogP contribution is -2.88. The SMILES string of the molecule is O=C(O)C(F)(F)C(F)(F)N1C(F)(F)C(F)(F)N(C(F)(F)C(F)(F)C(=O)O)C(F)(F)C1(F)F. The number of nitrogens with zero attached hydrogens (tertiary/aromatic N) is 2. The van der Waals surface area contributed by atoms with Crippen molar-refractivity contribution >= 4 is 11.9 Å². The van der Waals surface area contributed by atoms with E-state index in [-0.39, 0.29) is 0 Å². The van der Waals surface area contributed by atoms with Crippen molar-refractivity contribution in [2.75, 3.05) is 0 Å². The quantitative estimate of drug-likeness (QED) is 0.414. The van der Waals surface area contributed by atoms with Gasteiger partial charge in [0, 0.05) is 0 Å². The van der Waals surface area contributed by atoms with E-state index in [2.05, 4.69) is 0 Å². The van der Waals surface area contributed by atoms with Gasteiger partial charge in [-0.25, -0.2) is 9.59 Å². The summed E-state index contributed by atoms with van der Waals surface area (Å²) in [5, 5.41) is 15.7. The fourth-order valence-electron chi connectivity index (χ4n) is 2.13. The van der Waals surface area contributed by atoms with Crippen LogP contribution in [-0.4, -0.2) is 80.1 Å². The van der Waals surface area contributed by atoms with Gasteiger partial charge in [0.25, 0.3) is 0 Å². The van der Waals surface area contributed by atoms with E-state index >= 15 is 0 Å². The van der Waals surface area contributed by atoms with Crippen molar-refractivity contribution in [3.8, 4) is 0 Å². The van der Waals surface area contributed by atoms with E-state index in [0.29, 0.717) is 0 Å². The highest BCUT2D eigenvalue weighted by Gasteiger charge is 2.96. The minimum absolute atomic E-state index is 4.34. The lowest BCUT2D eigenvalue weighted by Gasteiger charge is -2.56. The van der Waals surface area contributed by atoms with Crippen molar-refractivity contribution in [2.24, 2.45) is 0 Å². The molecular formula is C10H2F16N2O4. The monoisotopic (exact) mass is 518 g/mol. The summed E-state index contributed by atoms with van der Waals surface area (Å²) in [6.07, 6.45) is 0. The molecule has 0 aromatic rings. The van der Waals surface area contributed by atoms with Crippen LogP contribution in [0.2, 0.25) is 0 Å². The van der Waals surface area contributed by atoms with Crippen LogP contribution in [0, 0.1) is 0 Å². The maximum absolute atomic E-state index is 13.7. The highest BCUT2D eigenvalue weighted by Crippen LogP contribution is 2.65. The highest BCUT2D eigenvalue weighted by molar-refractivity contribution is 5.77. The smallest absolute Gasteiger partial charge is 0.419 e. The molecule has 1 heterocycles. The van der Waals surface area contributed by atoms with E-state index in [0.717, 1.165) is 0 Å². The van der Waals surface area contributed by atoms with Gasteiger partial charge >= 0.3 is 60.1 Å². The number of carbonyl (C=O) groups is 2. The number of alkyl halides is 16. The third-order valence-electron chi connectivity index (χ3n) is 3.70. The molecule has 0 radical (unpaired) electrons. The molecule has 6 nitrogen and oxygen atoms in total. The van der Waals surface area contributed by atoms with Gasteiger partial charge in [-0.05, 0) is 0 Å². The Hall–Kier alpha value is -2.26. The Bertz CT molecular complexity index is 717. The predicted molar refractivity (Wildman–Crippen MR) is 58.5 cm³/mol. The maximum Gasteiger partial charge on any atom is 0.419 e. The second-order valence-electron chi connectivity index (χ2n) is 5.68. The van der Waals surface area contributed by atoms with Crippen LogP contribution in [0.1, 0.15) is 0 Å². The van der Waals surface area contributed by atoms with Gasteiger partial charge in [-0.15, -0.1) is 9.80 Å². The Kier molecular flexibility index (Phi) is 5.76.